The van der Waals surface area contributed by atoms with Gasteiger partial charge >= 0.3 is 0 Å². The lowest BCUT2D eigenvalue weighted by Crippen LogP contribution is -2.29. The molecule has 2 aromatic rings. The topological polar surface area (TPSA) is 50.3 Å². The first-order chi connectivity index (χ1) is 9.71. The van der Waals surface area contributed by atoms with E-state index in [-0.39, 0.29) is 0 Å². The van der Waals surface area contributed by atoms with Crippen LogP contribution in [0.4, 0.5) is 10.8 Å². The molecule has 1 aliphatic rings. The van der Waals surface area contributed by atoms with Gasteiger partial charge in [0.15, 0.2) is 16.0 Å². The first-order valence-electron chi connectivity index (χ1n) is 6.32. The maximum absolute atomic E-state index is 5.97. The summed E-state index contributed by atoms with van der Waals surface area (Å²) in [5.41, 5.74) is 2.22. The van der Waals surface area contributed by atoms with Crippen molar-refractivity contribution in [3.63, 3.8) is 0 Å². The van der Waals surface area contributed by atoms with Gasteiger partial charge in [-0.3, -0.25) is 0 Å². The number of fused-ring (bicyclic) bond motifs is 1. The first-order valence-corrected chi connectivity index (χ1v) is 7.51. The van der Waals surface area contributed by atoms with Gasteiger partial charge in [0, 0.05) is 31.0 Å². The zero-order chi connectivity index (χ0) is 14.1. The Bertz CT molecular complexity index is 631. The minimum atomic E-state index is 0.393. The van der Waals surface area contributed by atoms with Gasteiger partial charge in [-0.15, -0.1) is 0 Å². The largest absolute Gasteiger partial charge is 0.493 e. The number of methoxy groups -OCH3 is 1. The Kier molecular flexibility index (Phi) is 3.67. The van der Waals surface area contributed by atoms with E-state index in [9.17, 15) is 0 Å². The number of nitrogens with one attached hydrogen (secondary N) is 1. The number of hydrogen-bond acceptors (Lipinski definition) is 6. The molecule has 0 fully saturated rings. The third kappa shape index (κ3) is 2.41. The molecule has 0 radical (unpaired) electrons. The summed E-state index contributed by atoms with van der Waals surface area (Å²) < 4.78 is 5.23. The predicted octanol–water partition coefficient (Wildman–Crippen LogP) is 2.80. The van der Waals surface area contributed by atoms with Crippen LogP contribution in [0.2, 0.25) is 5.15 Å². The highest BCUT2D eigenvalue weighted by Crippen LogP contribution is 2.32. The van der Waals surface area contributed by atoms with Crippen molar-refractivity contribution in [1.82, 2.24) is 9.97 Å². The molecule has 1 N–H and O–H groups in total. The number of anilines is 2. The average molecular weight is 311 g/mol. The summed E-state index contributed by atoms with van der Waals surface area (Å²) in [7, 11) is 3.50. The van der Waals surface area contributed by atoms with Crippen LogP contribution in [-0.2, 0) is 13.0 Å². The molecule has 0 aliphatic carbocycles. The maximum Gasteiger partial charge on any atom is 0.182 e. The van der Waals surface area contributed by atoms with Crippen molar-refractivity contribution in [2.75, 3.05) is 30.9 Å². The SMILES string of the molecule is CNc1nc2c(s1)CN(c1cnc(Cl)c(OC)c1)CC2. The number of pyridine rings is 1. The van der Waals surface area contributed by atoms with E-state index in [2.05, 4.69) is 20.2 Å². The van der Waals surface area contributed by atoms with Crippen molar-refractivity contribution in [3.05, 3.63) is 28.0 Å². The Hall–Kier alpha value is -1.53. The highest BCUT2D eigenvalue weighted by Gasteiger charge is 2.21. The molecule has 3 rings (SSSR count). The maximum atomic E-state index is 5.97. The molecule has 0 amide bonds. The van der Waals surface area contributed by atoms with Crippen molar-refractivity contribution in [3.8, 4) is 5.75 Å². The van der Waals surface area contributed by atoms with E-state index >= 15 is 0 Å². The number of halogens is 1. The number of aromatic nitrogens is 2. The summed E-state index contributed by atoms with van der Waals surface area (Å²) in [5, 5.41) is 4.47. The van der Waals surface area contributed by atoms with Crippen molar-refractivity contribution >= 4 is 33.8 Å². The zero-order valence-electron chi connectivity index (χ0n) is 11.3. The molecule has 2 aromatic heterocycles. The molecular formula is C13H15ClN4OS. The smallest absolute Gasteiger partial charge is 0.182 e. The number of ether oxygens (including phenoxy) is 1. The van der Waals surface area contributed by atoms with Crippen LogP contribution < -0.4 is 15.0 Å². The summed E-state index contributed by atoms with van der Waals surface area (Å²) >= 11 is 7.67. The average Bonchev–Trinajstić information content (AvgIpc) is 2.89. The second-order valence-corrected chi connectivity index (χ2v) is 5.94. The first kappa shape index (κ1) is 13.5. The minimum absolute atomic E-state index is 0.393. The fraction of sp³-hybridized carbons (Fsp3) is 0.385. The molecule has 0 saturated carbocycles. The molecular weight excluding hydrogens is 296 g/mol. The van der Waals surface area contributed by atoms with E-state index in [0.717, 1.165) is 30.3 Å². The van der Waals surface area contributed by atoms with Gasteiger partial charge in [-0.05, 0) is 0 Å². The third-order valence-corrected chi connectivity index (χ3v) is 4.71. The van der Waals surface area contributed by atoms with Crippen LogP contribution in [0, 0.1) is 0 Å². The highest BCUT2D eigenvalue weighted by molar-refractivity contribution is 7.15. The lowest BCUT2D eigenvalue weighted by molar-refractivity contribution is 0.413. The molecule has 7 heteroatoms. The Balaban J connectivity index is 1.86. The van der Waals surface area contributed by atoms with Gasteiger partial charge in [-0.1, -0.05) is 22.9 Å². The van der Waals surface area contributed by atoms with E-state index in [1.807, 2.05) is 13.1 Å². The number of nitrogens with zero attached hydrogens (tertiary/aromatic N) is 3. The summed E-state index contributed by atoms with van der Waals surface area (Å²) in [6, 6.07) is 1.93. The van der Waals surface area contributed by atoms with Crippen LogP contribution in [0.15, 0.2) is 12.3 Å². The van der Waals surface area contributed by atoms with E-state index in [1.165, 1.54) is 10.6 Å². The molecule has 106 valence electrons. The molecule has 5 nitrogen and oxygen atoms in total. The molecule has 3 heterocycles. The van der Waals surface area contributed by atoms with Gasteiger partial charge in [-0.25, -0.2) is 9.97 Å². The van der Waals surface area contributed by atoms with Crippen molar-refractivity contribution in [1.29, 1.82) is 0 Å². The van der Waals surface area contributed by atoms with Gasteiger partial charge in [0.05, 0.1) is 31.2 Å². The lowest BCUT2D eigenvalue weighted by atomic mass is 10.1. The number of thiazole rings is 1. The normalized spacial score (nSPS) is 14.1. The van der Waals surface area contributed by atoms with Crippen LogP contribution in [-0.4, -0.2) is 30.7 Å². The highest BCUT2D eigenvalue weighted by atomic mass is 35.5. The van der Waals surface area contributed by atoms with Crippen LogP contribution >= 0.6 is 22.9 Å². The summed E-state index contributed by atoms with van der Waals surface area (Å²) in [5.74, 6) is 0.607. The van der Waals surface area contributed by atoms with Gasteiger partial charge in [0.1, 0.15) is 0 Å². The van der Waals surface area contributed by atoms with E-state index < -0.39 is 0 Å². The molecule has 0 bridgehead atoms. The van der Waals surface area contributed by atoms with Crippen molar-refractivity contribution < 1.29 is 4.74 Å². The Labute approximate surface area is 126 Å². The second kappa shape index (κ2) is 5.46. The van der Waals surface area contributed by atoms with Crippen molar-refractivity contribution in [2.24, 2.45) is 0 Å². The molecule has 0 spiro atoms. The zero-order valence-corrected chi connectivity index (χ0v) is 12.9. The number of rotatable bonds is 3. The second-order valence-electron chi connectivity index (χ2n) is 4.50. The van der Waals surface area contributed by atoms with Gasteiger partial charge in [-0.2, -0.15) is 0 Å². The summed E-state index contributed by atoms with van der Waals surface area (Å²) in [4.78, 5) is 12.3. The molecule has 0 aromatic carbocycles. The van der Waals surface area contributed by atoms with Crippen molar-refractivity contribution in [2.45, 2.75) is 13.0 Å². The standard InChI is InChI=1S/C13H15ClN4OS/c1-15-13-17-9-3-4-18(7-11(9)20-13)8-5-10(19-2)12(14)16-6-8/h5-6H,3-4,7H2,1-2H3,(H,15,17). The van der Waals surface area contributed by atoms with E-state index in [4.69, 9.17) is 16.3 Å². The van der Waals surface area contributed by atoms with Gasteiger partial charge in [0.2, 0.25) is 0 Å². The molecule has 0 saturated heterocycles. The predicted molar refractivity (Wildman–Crippen MR) is 82.2 cm³/mol. The summed E-state index contributed by atoms with van der Waals surface area (Å²) in [6.07, 6.45) is 2.73. The minimum Gasteiger partial charge on any atom is -0.493 e. The Morgan fingerprint density at radius 3 is 3.10 bits per heavy atom. The third-order valence-electron chi connectivity index (χ3n) is 3.32. The van der Waals surface area contributed by atoms with Crippen LogP contribution in [0.3, 0.4) is 0 Å². The van der Waals surface area contributed by atoms with Gasteiger partial charge in [0.25, 0.3) is 0 Å². The lowest BCUT2D eigenvalue weighted by Gasteiger charge is -2.28. The van der Waals surface area contributed by atoms with E-state index in [1.54, 1.807) is 24.6 Å². The van der Waals surface area contributed by atoms with Gasteiger partial charge < -0.3 is 15.0 Å². The fourth-order valence-electron chi connectivity index (χ4n) is 2.26. The van der Waals surface area contributed by atoms with Crippen LogP contribution in [0.1, 0.15) is 10.6 Å². The fourth-order valence-corrected chi connectivity index (χ4v) is 3.41. The van der Waals surface area contributed by atoms with Crippen LogP contribution in [0.5, 0.6) is 5.75 Å². The Morgan fingerprint density at radius 2 is 2.35 bits per heavy atom. The molecule has 0 unspecified atom stereocenters. The van der Waals surface area contributed by atoms with Crippen LogP contribution in [0.25, 0.3) is 0 Å². The summed E-state index contributed by atoms with van der Waals surface area (Å²) in [6.45, 7) is 1.77. The Morgan fingerprint density at radius 1 is 1.50 bits per heavy atom. The number of hydrogen-bond donors (Lipinski definition) is 1. The molecule has 0 atom stereocenters. The monoisotopic (exact) mass is 310 g/mol. The molecule has 20 heavy (non-hydrogen) atoms. The quantitative estimate of drug-likeness (QED) is 0.884. The molecule has 1 aliphatic heterocycles. The van der Waals surface area contributed by atoms with E-state index in [0.29, 0.717) is 10.9 Å².